The molecule has 2 unspecified atom stereocenters. The van der Waals surface area contributed by atoms with Gasteiger partial charge in [-0.1, -0.05) is 13.8 Å². The predicted octanol–water partition coefficient (Wildman–Crippen LogP) is 0.734. The van der Waals surface area contributed by atoms with Crippen LogP contribution in [0.1, 0.15) is 46.0 Å². The molecule has 0 fully saturated rings. The Labute approximate surface area is 146 Å². The summed E-state index contributed by atoms with van der Waals surface area (Å²) in [6, 6.07) is 0. The number of rotatable bonds is 13. The van der Waals surface area contributed by atoms with Crippen molar-refractivity contribution < 1.29 is 38.6 Å². The van der Waals surface area contributed by atoms with Crippen molar-refractivity contribution in [2.45, 2.75) is 57.8 Å². The van der Waals surface area contributed by atoms with Gasteiger partial charge in [0, 0.05) is 6.42 Å². The number of hydrogen-bond donors (Lipinski definition) is 5. The van der Waals surface area contributed by atoms with Crippen molar-refractivity contribution in [2.24, 2.45) is 11.7 Å². The number of carboxylic acid groups (broad SMARTS) is 2. The van der Waals surface area contributed by atoms with Gasteiger partial charge in [-0.3, -0.25) is 18.7 Å². The quantitative estimate of drug-likeness (QED) is 0.227. The number of carbonyl (C=O) groups excluding carboxylic acids is 1. The topological polar surface area (TPSA) is 176 Å². The smallest absolute Gasteiger partial charge is 0.351 e. The van der Waals surface area contributed by atoms with Gasteiger partial charge in [0.05, 0.1) is 6.42 Å². The third kappa shape index (κ3) is 9.54. The molecule has 0 heterocycles. The Bertz CT molecular complexity index is 511. The summed E-state index contributed by atoms with van der Waals surface area (Å²) in [4.78, 5) is 43.6. The monoisotopic (exact) mass is 382 g/mol. The maximum atomic E-state index is 12.5. The number of hydrogen-bond acceptors (Lipinski definition) is 6. The Morgan fingerprint density at radius 3 is 2.20 bits per heavy atom. The van der Waals surface area contributed by atoms with Crippen molar-refractivity contribution in [2.75, 3.05) is 6.54 Å². The van der Waals surface area contributed by atoms with Gasteiger partial charge in [-0.15, -0.1) is 0 Å². The van der Waals surface area contributed by atoms with E-state index in [4.69, 9.17) is 20.5 Å². The van der Waals surface area contributed by atoms with E-state index in [-0.39, 0.29) is 12.8 Å². The minimum Gasteiger partial charge on any atom is -0.481 e. The molecule has 0 aromatic heterocycles. The van der Waals surface area contributed by atoms with Gasteiger partial charge in [-0.2, -0.15) is 0 Å². The second kappa shape index (κ2) is 11.2. The lowest BCUT2D eigenvalue weighted by Crippen LogP contribution is -2.40. The fourth-order valence-corrected chi connectivity index (χ4v) is 3.78. The molecule has 3 atom stereocenters. The van der Waals surface area contributed by atoms with E-state index in [0.717, 1.165) is 0 Å². The molecule has 0 bridgehead atoms. The Morgan fingerprint density at radius 2 is 1.76 bits per heavy atom. The molecular weight excluding hydrogens is 355 g/mol. The highest BCUT2D eigenvalue weighted by atomic mass is 31.2. The van der Waals surface area contributed by atoms with E-state index in [1.807, 2.05) is 0 Å². The summed E-state index contributed by atoms with van der Waals surface area (Å²) in [5.74, 6) is -5.17. The second-order valence-corrected chi connectivity index (χ2v) is 7.83. The second-order valence-electron chi connectivity index (χ2n) is 5.93. The number of amides is 1. The first kappa shape index (κ1) is 23.5. The fourth-order valence-electron chi connectivity index (χ4n) is 2.03. The van der Waals surface area contributed by atoms with Gasteiger partial charge >= 0.3 is 19.5 Å². The molecule has 0 saturated carbocycles. The van der Waals surface area contributed by atoms with E-state index in [2.05, 4.69) is 5.32 Å². The maximum Gasteiger partial charge on any atom is 0.351 e. The number of carboxylic acids is 2. The van der Waals surface area contributed by atoms with E-state index in [1.165, 1.54) is 0 Å². The molecule has 0 radical (unpaired) electrons. The van der Waals surface area contributed by atoms with Gasteiger partial charge in [-0.25, -0.2) is 4.79 Å². The zero-order valence-corrected chi connectivity index (χ0v) is 15.3. The van der Waals surface area contributed by atoms with Crippen LogP contribution in [-0.2, 0) is 23.5 Å². The average Bonchev–Trinajstić information content (AvgIpc) is 2.49. The minimum absolute atomic E-state index is 0.00879. The molecule has 0 aliphatic carbocycles. The third-order valence-electron chi connectivity index (χ3n) is 3.33. The summed E-state index contributed by atoms with van der Waals surface area (Å²) in [5, 5.41) is 20.0. The SMILES string of the molecule is CC(C)C(NC(=O)CCC(=O)O)P(=O)(O)O[C@H](CCCCN)C(=O)O. The van der Waals surface area contributed by atoms with Crippen LogP contribution >= 0.6 is 7.60 Å². The van der Waals surface area contributed by atoms with E-state index in [1.54, 1.807) is 13.8 Å². The lowest BCUT2D eigenvalue weighted by molar-refractivity contribution is -0.146. The molecule has 6 N–H and O–H groups in total. The number of unbranched alkanes of at least 4 members (excludes halogenated alkanes) is 1. The zero-order valence-electron chi connectivity index (χ0n) is 14.4. The molecule has 0 rings (SSSR count). The van der Waals surface area contributed by atoms with Gasteiger partial charge in [-0.05, 0) is 31.7 Å². The first-order valence-corrected chi connectivity index (χ1v) is 9.60. The molecule has 0 aromatic rings. The molecule has 25 heavy (non-hydrogen) atoms. The first-order valence-electron chi connectivity index (χ1n) is 7.96. The summed E-state index contributed by atoms with van der Waals surface area (Å²) in [6.07, 6.45) is -1.33. The van der Waals surface area contributed by atoms with Crippen molar-refractivity contribution in [1.82, 2.24) is 5.32 Å². The Morgan fingerprint density at radius 1 is 1.16 bits per heavy atom. The highest BCUT2D eigenvalue weighted by Crippen LogP contribution is 2.50. The van der Waals surface area contributed by atoms with Crippen molar-refractivity contribution in [3.05, 3.63) is 0 Å². The summed E-state index contributed by atoms with van der Waals surface area (Å²) in [5.41, 5.74) is 5.33. The molecule has 10 nitrogen and oxygen atoms in total. The normalized spacial score (nSPS) is 16.0. The Hall–Kier alpha value is -1.48. The third-order valence-corrected chi connectivity index (χ3v) is 5.32. The fraction of sp³-hybridized carbons (Fsp3) is 0.786. The van der Waals surface area contributed by atoms with E-state index >= 15 is 0 Å². The average molecular weight is 382 g/mol. The molecule has 0 aliphatic heterocycles. The van der Waals surface area contributed by atoms with E-state index < -0.39 is 49.7 Å². The molecule has 0 aromatic carbocycles. The highest BCUT2D eigenvalue weighted by Gasteiger charge is 2.40. The van der Waals surface area contributed by atoms with Crippen LogP contribution < -0.4 is 11.1 Å². The standard InChI is InChI=1S/C14H27N2O8P/c1-9(2)13(16-11(17)6-7-12(18)19)25(22,23)24-10(14(20)21)5-3-4-8-15/h9-10,13H,3-8,15H2,1-2H3,(H,16,17)(H,18,19)(H,20,21)(H,22,23)/t10-,13?/m1/s1. The summed E-state index contributed by atoms with van der Waals surface area (Å²) in [7, 11) is -4.51. The van der Waals surface area contributed by atoms with E-state index in [9.17, 15) is 23.8 Å². The van der Waals surface area contributed by atoms with Crippen LogP contribution in [0.25, 0.3) is 0 Å². The lowest BCUT2D eigenvalue weighted by atomic mass is 10.1. The number of carbonyl (C=O) groups is 3. The van der Waals surface area contributed by atoms with Crippen LogP contribution in [0, 0.1) is 5.92 Å². The van der Waals surface area contributed by atoms with E-state index in [0.29, 0.717) is 19.4 Å². The molecule has 0 saturated heterocycles. The van der Waals surface area contributed by atoms with Crippen LogP contribution in [0.2, 0.25) is 0 Å². The van der Waals surface area contributed by atoms with Crippen LogP contribution in [0.5, 0.6) is 0 Å². The summed E-state index contributed by atoms with van der Waals surface area (Å²) >= 11 is 0. The number of nitrogens with one attached hydrogen (secondary N) is 1. The Balaban J connectivity index is 5.02. The number of aliphatic carboxylic acids is 2. The van der Waals surface area contributed by atoms with Gasteiger partial charge in [0.2, 0.25) is 5.91 Å². The zero-order chi connectivity index (χ0) is 19.6. The van der Waals surface area contributed by atoms with Gasteiger partial charge in [0.1, 0.15) is 5.78 Å². The predicted molar refractivity (Wildman–Crippen MR) is 88.9 cm³/mol. The minimum atomic E-state index is -4.51. The highest BCUT2D eigenvalue weighted by molar-refractivity contribution is 7.53. The van der Waals surface area contributed by atoms with Crippen molar-refractivity contribution >= 4 is 25.4 Å². The summed E-state index contributed by atoms with van der Waals surface area (Å²) in [6.45, 7) is 3.47. The lowest BCUT2D eigenvalue weighted by Gasteiger charge is -2.28. The molecule has 1 amide bonds. The van der Waals surface area contributed by atoms with Crippen molar-refractivity contribution in [1.29, 1.82) is 0 Å². The molecule has 11 heteroatoms. The largest absolute Gasteiger partial charge is 0.481 e. The number of nitrogens with two attached hydrogens (primary N) is 1. The molecule has 0 spiro atoms. The molecule has 0 aliphatic rings. The first-order chi connectivity index (χ1) is 11.5. The van der Waals surface area contributed by atoms with Crippen LogP contribution in [0.3, 0.4) is 0 Å². The van der Waals surface area contributed by atoms with Crippen LogP contribution in [0.4, 0.5) is 0 Å². The summed E-state index contributed by atoms with van der Waals surface area (Å²) < 4.78 is 17.4. The van der Waals surface area contributed by atoms with Crippen molar-refractivity contribution in [3.8, 4) is 0 Å². The molecule has 146 valence electrons. The van der Waals surface area contributed by atoms with Crippen LogP contribution in [-0.4, -0.2) is 51.4 Å². The Kier molecular flexibility index (Phi) is 10.5. The van der Waals surface area contributed by atoms with Gasteiger partial charge < -0.3 is 26.2 Å². The molecular formula is C14H27N2O8P. The van der Waals surface area contributed by atoms with Gasteiger partial charge in [0.25, 0.3) is 0 Å². The van der Waals surface area contributed by atoms with Crippen molar-refractivity contribution in [3.63, 3.8) is 0 Å². The van der Waals surface area contributed by atoms with Crippen LogP contribution in [0.15, 0.2) is 0 Å². The maximum absolute atomic E-state index is 12.5. The van der Waals surface area contributed by atoms with Gasteiger partial charge in [0.15, 0.2) is 6.10 Å².